The van der Waals surface area contributed by atoms with Crippen molar-refractivity contribution in [1.29, 1.82) is 0 Å². The van der Waals surface area contributed by atoms with Crippen molar-refractivity contribution in [2.24, 2.45) is 23.7 Å². The van der Waals surface area contributed by atoms with Gasteiger partial charge in [-0.05, 0) is 96.6 Å². The first-order chi connectivity index (χ1) is 16.0. The summed E-state index contributed by atoms with van der Waals surface area (Å²) >= 11 is 0. The van der Waals surface area contributed by atoms with Gasteiger partial charge < -0.3 is 10.2 Å². The molecule has 2 aromatic carbocycles. The van der Waals surface area contributed by atoms with E-state index < -0.39 is 23.8 Å². The second-order valence-corrected chi connectivity index (χ2v) is 11.0. The molecule has 0 saturated heterocycles. The molecule has 0 radical (unpaired) electrons. The topological polar surface area (TPSA) is 74.6 Å². The van der Waals surface area contributed by atoms with Crippen molar-refractivity contribution in [3.05, 3.63) is 69.8 Å². The summed E-state index contributed by atoms with van der Waals surface area (Å²) in [6.45, 7) is 12.5. The summed E-state index contributed by atoms with van der Waals surface area (Å²) < 4.78 is 0. The maximum Gasteiger partial charge on any atom is 0.310 e. The van der Waals surface area contributed by atoms with Gasteiger partial charge in [0, 0.05) is 0 Å². The van der Waals surface area contributed by atoms with Crippen LogP contribution in [0.15, 0.2) is 36.4 Å². The van der Waals surface area contributed by atoms with Crippen molar-refractivity contribution in [1.82, 2.24) is 0 Å². The molecule has 0 fully saturated rings. The number of hydrogen-bond acceptors (Lipinski definition) is 2. The van der Waals surface area contributed by atoms with Gasteiger partial charge in [0.15, 0.2) is 17.4 Å². The molecule has 0 spiro atoms. The molecule has 5 heteroatoms. The van der Waals surface area contributed by atoms with E-state index in [1.54, 1.807) is 13.8 Å². The van der Waals surface area contributed by atoms with Crippen LogP contribution in [-0.2, 0) is 35.3 Å². The van der Waals surface area contributed by atoms with Crippen LogP contribution in [0.1, 0.15) is 86.8 Å². The summed E-state index contributed by atoms with van der Waals surface area (Å²) in [4.78, 5) is 21.9. The molecule has 4 rings (SSSR count). The Balaban J connectivity index is 0.000000240. The number of carboxylic acids is 2. The quantitative estimate of drug-likeness (QED) is 0.534. The molecule has 4 unspecified atom stereocenters. The van der Waals surface area contributed by atoms with Gasteiger partial charge in [-0.3, -0.25) is 9.59 Å². The van der Waals surface area contributed by atoms with Gasteiger partial charge >= 0.3 is 11.9 Å². The van der Waals surface area contributed by atoms with Crippen LogP contribution in [0.5, 0.6) is 0 Å². The van der Waals surface area contributed by atoms with Gasteiger partial charge in [-0.15, -0.1) is 0 Å². The Morgan fingerprint density at radius 3 is 1.23 bits per heavy atom. The molecule has 2 aromatic rings. The predicted octanol–water partition coefficient (Wildman–Crippen LogP) is 5.31. The van der Waals surface area contributed by atoms with E-state index in [-0.39, 0.29) is 17.4 Å². The molecule has 2 aliphatic carbocycles. The Morgan fingerprint density at radius 2 is 0.943 bits per heavy atom. The zero-order valence-corrected chi connectivity index (χ0v) is 21.5. The zero-order chi connectivity index (χ0) is 25.2. The van der Waals surface area contributed by atoms with Crippen molar-refractivity contribution >= 4 is 29.3 Å². The van der Waals surface area contributed by atoms with E-state index in [9.17, 15) is 9.59 Å². The second kappa shape index (κ2) is 12.2. The summed E-state index contributed by atoms with van der Waals surface area (Å²) in [5.41, 5.74) is 7.39. The molecule has 0 heterocycles. The van der Waals surface area contributed by atoms with Gasteiger partial charge in [0.05, 0.1) is 11.8 Å². The number of carbonyl (C=O) groups is 2. The summed E-state index contributed by atoms with van der Waals surface area (Å²) in [5, 5.41) is 18.0. The SMILES string of the molecule is CC(C(=O)O)c1ccc2c(c1)CC(C(C)C)C2.CC(C(=O)O)c1ccc2c(c1)CC(C(C)C)C2.[AlH3]. The maximum atomic E-state index is 11.0. The third-order valence-electron chi connectivity index (χ3n) is 8.02. The maximum absolute atomic E-state index is 11.0. The minimum atomic E-state index is -0.747. The van der Waals surface area contributed by atoms with Gasteiger partial charge in [0.2, 0.25) is 0 Å². The number of carboxylic acid groups (broad SMARTS) is 2. The number of rotatable bonds is 6. The molecule has 0 bridgehead atoms. The molecule has 0 amide bonds. The standard InChI is InChI=1S/2C15H20O2.Al.3H/c2*1-9(2)13-7-12-5-4-11(6-14(12)8-13)10(3)15(16)17;;;;/h2*4-6,9-10,13H,7-8H2,1-3H3,(H,16,17);;;;. The molecular weight excluding hydrogens is 451 g/mol. The fraction of sp³-hybridized carbons (Fsp3) is 0.533. The molecule has 0 aliphatic heterocycles. The average Bonchev–Trinajstić information content (AvgIpc) is 3.41. The van der Waals surface area contributed by atoms with Crippen LogP contribution in [0.4, 0.5) is 0 Å². The van der Waals surface area contributed by atoms with Crippen LogP contribution in [-0.4, -0.2) is 39.5 Å². The van der Waals surface area contributed by atoms with Crippen molar-refractivity contribution in [2.45, 2.75) is 79.1 Å². The highest BCUT2D eigenvalue weighted by Crippen LogP contribution is 2.34. The monoisotopic (exact) mass is 494 g/mol. The van der Waals surface area contributed by atoms with E-state index in [0.717, 1.165) is 48.6 Å². The Hall–Kier alpha value is -2.09. The van der Waals surface area contributed by atoms with Crippen molar-refractivity contribution in [3.63, 3.8) is 0 Å². The first-order valence-electron chi connectivity index (χ1n) is 12.7. The van der Waals surface area contributed by atoms with E-state index in [0.29, 0.717) is 11.8 Å². The smallest absolute Gasteiger partial charge is 0.310 e. The Morgan fingerprint density at radius 1 is 0.629 bits per heavy atom. The van der Waals surface area contributed by atoms with E-state index >= 15 is 0 Å². The first kappa shape index (κ1) is 29.1. The molecule has 190 valence electrons. The lowest BCUT2D eigenvalue weighted by atomic mass is 9.93. The molecule has 0 aromatic heterocycles. The van der Waals surface area contributed by atoms with Crippen molar-refractivity contribution in [2.75, 3.05) is 0 Å². The highest BCUT2D eigenvalue weighted by atomic mass is 27.0. The number of hydrogen-bond donors (Lipinski definition) is 2. The lowest BCUT2D eigenvalue weighted by Crippen LogP contribution is -2.08. The van der Waals surface area contributed by atoms with Crippen LogP contribution < -0.4 is 0 Å². The van der Waals surface area contributed by atoms with E-state index in [2.05, 4.69) is 52.0 Å². The summed E-state index contributed by atoms with van der Waals surface area (Å²) in [5.74, 6) is 0.537. The second-order valence-electron chi connectivity index (χ2n) is 11.0. The number of fused-ring (bicyclic) bond motifs is 2. The predicted molar refractivity (Wildman–Crippen MR) is 146 cm³/mol. The van der Waals surface area contributed by atoms with Crippen LogP contribution >= 0.6 is 0 Å². The Labute approximate surface area is 221 Å². The lowest BCUT2D eigenvalue weighted by molar-refractivity contribution is -0.139. The van der Waals surface area contributed by atoms with Crippen LogP contribution in [0.2, 0.25) is 0 Å². The Kier molecular flexibility index (Phi) is 10.2. The molecule has 2 N–H and O–H groups in total. The lowest BCUT2D eigenvalue weighted by Gasteiger charge is -2.12. The number of benzene rings is 2. The van der Waals surface area contributed by atoms with E-state index in [1.807, 2.05) is 12.1 Å². The van der Waals surface area contributed by atoms with Crippen molar-refractivity contribution < 1.29 is 19.8 Å². The van der Waals surface area contributed by atoms with Crippen LogP contribution in [0, 0.1) is 23.7 Å². The van der Waals surface area contributed by atoms with Crippen molar-refractivity contribution in [3.8, 4) is 0 Å². The highest BCUT2D eigenvalue weighted by molar-refractivity contribution is 5.76. The van der Waals surface area contributed by atoms with Gasteiger partial charge in [-0.2, -0.15) is 0 Å². The molecule has 0 saturated carbocycles. The summed E-state index contributed by atoms with van der Waals surface area (Å²) in [6, 6.07) is 12.4. The molecular formula is C30H43AlO4. The van der Waals surface area contributed by atoms with E-state index in [1.165, 1.54) is 22.3 Å². The van der Waals surface area contributed by atoms with Crippen LogP contribution in [0.25, 0.3) is 0 Å². The highest BCUT2D eigenvalue weighted by Gasteiger charge is 2.26. The minimum Gasteiger partial charge on any atom is -0.481 e. The van der Waals surface area contributed by atoms with Crippen LogP contribution in [0.3, 0.4) is 0 Å². The molecule has 4 atom stereocenters. The average molecular weight is 495 g/mol. The van der Waals surface area contributed by atoms with Gasteiger partial charge in [0.1, 0.15) is 0 Å². The Bertz CT molecular complexity index is 959. The normalized spacial score (nSPS) is 19.8. The first-order valence-corrected chi connectivity index (χ1v) is 12.7. The molecule has 35 heavy (non-hydrogen) atoms. The zero-order valence-electron chi connectivity index (χ0n) is 21.5. The summed E-state index contributed by atoms with van der Waals surface area (Å²) in [7, 11) is 0. The fourth-order valence-electron chi connectivity index (χ4n) is 5.11. The summed E-state index contributed by atoms with van der Waals surface area (Å²) in [6.07, 6.45) is 4.50. The van der Waals surface area contributed by atoms with Gasteiger partial charge in [-0.25, -0.2) is 0 Å². The van der Waals surface area contributed by atoms with Gasteiger partial charge in [0.25, 0.3) is 0 Å². The van der Waals surface area contributed by atoms with E-state index in [4.69, 9.17) is 10.2 Å². The minimum absolute atomic E-state index is 0. The molecule has 2 aliphatic rings. The third kappa shape index (κ3) is 6.99. The molecule has 4 nitrogen and oxygen atoms in total. The fourth-order valence-corrected chi connectivity index (χ4v) is 5.11. The number of aliphatic carboxylic acids is 2. The van der Waals surface area contributed by atoms with Gasteiger partial charge in [-0.1, -0.05) is 64.1 Å². The third-order valence-corrected chi connectivity index (χ3v) is 8.02. The largest absolute Gasteiger partial charge is 0.481 e.